The van der Waals surface area contributed by atoms with Gasteiger partial charge >= 0.3 is 0 Å². The molecule has 0 amide bonds. The van der Waals surface area contributed by atoms with Crippen LogP contribution in [-0.2, 0) is 4.74 Å². The SMILES string of the molecule is CC(O)C(C)SC1CCOC1C. The van der Waals surface area contributed by atoms with E-state index in [-0.39, 0.29) is 6.10 Å². The summed E-state index contributed by atoms with van der Waals surface area (Å²) in [4.78, 5) is 0. The summed E-state index contributed by atoms with van der Waals surface area (Å²) in [7, 11) is 0. The number of hydrogen-bond donors (Lipinski definition) is 1. The maximum absolute atomic E-state index is 9.31. The van der Waals surface area contributed by atoms with Crippen LogP contribution in [0.25, 0.3) is 0 Å². The zero-order chi connectivity index (χ0) is 9.14. The molecule has 1 N–H and O–H groups in total. The highest BCUT2D eigenvalue weighted by atomic mass is 32.2. The molecule has 72 valence electrons. The maximum atomic E-state index is 9.31. The van der Waals surface area contributed by atoms with Gasteiger partial charge in [0, 0.05) is 17.1 Å². The fourth-order valence-corrected chi connectivity index (χ4v) is 2.59. The van der Waals surface area contributed by atoms with Crippen molar-refractivity contribution in [3.63, 3.8) is 0 Å². The van der Waals surface area contributed by atoms with Crippen molar-refractivity contribution in [1.82, 2.24) is 0 Å². The minimum atomic E-state index is -0.220. The van der Waals surface area contributed by atoms with Gasteiger partial charge in [0.25, 0.3) is 0 Å². The van der Waals surface area contributed by atoms with E-state index in [9.17, 15) is 5.11 Å². The summed E-state index contributed by atoms with van der Waals surface area (Å²) >= 11 is 1.85. The van der Waals surface area contributed by atoms with Crippen molar-refractivity contribution in [2.45, 2.75) is 49.9 Å². The van der Waals surface area contributed by atoms with Gasteiger partial charge in [-0.25, -0.2) is 0 Å². The molecule has 0 aromatic rings. The molecule has 0 aromatic carbocycles. The second-order valence-electron chi connectivity index (χ2n) is 3.48. The zero-order valence-electron chi connectivity index (χ0n) is 7.99. The van der Waals surface area contributed by atoms with Gasteiger partial charge in [-0.05, 0) is 20.3 Å². The van der Waals surface area contributed by atoms with E-state index in [1.54, 1.807) is 0 Å². The molecular weight excluding hydrogens is 172 g/mol. The lowest BCUT2D eigenvalue weighted by atomic mass is 10.2. The molecule has 1 rings (SSSR count). The standard InChI is InChI=1S/C9H18O2S/c1-6(10)8(3)12-9-4-5-11-7(9)2/h6-10H,4-5H2,1-3H3. The minimum absolute atomic E-state index is 0.220. The Kier molecular flexibility index (Phi) is 3.87. The largest absolute Gasteiger partial charge is 0.392 e. The topological polar surface area (TPSA) is 29.5 Å². The molecule has 0 aliphatic carbocycles. The van der Waals surface area contributed by atoms with Crippen molar-refractivity contribution in [2.75, 3.05) is 6.61 Å². The molecule has 2 nitrogen and oxygen atoms in total. The van der Waals surface area contributed by atoms with E-state index in [0.29, 0.717) is 16.6 Å². The Balaban J connectivity index is 2.30. The molecule has 0 saturated carbocycles. The van der Waals surface area contributed by atoms with Crippen molar-refractivity contribution in [3.8, 4) is 0 Å². The summed E-state index contributed by atoms with van der Waals surface area (Å²) in [5.41, 5.74) is 0. The second kappa shape index (κ2) is 4.49. The fraction of sp³-hybridized carbons (Fsp3) is 1.00. The van der Waals surface area contributed by atoms with Gasteiger partial charge in [0.15, 0.2) is 0 Å². The van der Waals surface area contributed by atoms with Crippen LogP contribution in [0.3, 0.4) is 0 Å². The maximum Gasteiger partial charge on any atom is 0.0666 e. The van der Waals surface area contributed by atoms with Crippen LogP contribution in [0.5, 0.6) is 0 Å². The van der Waals surface area contributed by atoms with E-state index >= 15 is 0 Å². The third-order valence-corrected chi connectivity index (χ3v) is 4.17. The summed E-state index contributed by atoms with van der Waals surface area (Å²) in [6.07, 6.45) is 1.27. The average Bonchev–Trinajstić information content (AvgIpc) is 2.36. The summed E-state index contributed by atoms with van der Waals surface area (Å²) in [6.45, 7) is 6.91. The first kappa shape index (κ1) is 10.4. The third-order valence-electron chi connectivity index (χ3n) is 2.38. The van der Waals surface area contributed by atoms with E-state index in [4.69, 9.17) is 4.74 Å². The molecule has 4 unspecified atom stereocenters. The first-order valence-electron chi connectivity index (χ1n) is 4.56. The predicted octanol–water partition coefficient (Wildman–Crippen LogP) is 1.67. The molecular formula is C9H18O2S. The van der Waals surface area contributed by atoms with Crippen LogP contribution in [0.1, 0.15) is 27.2 Å². The van der Waals surface area contributed by atoms with E-state index in [1.807, 2.05) is 18.7 Å². The van der Waals surface area contributed by atoms with Crippen molar-refractivity contribution in [3.05, 3.63) is 0 Å². The first-order valence-corrected chi connectivity index (χ1v) is 5.50. The lowest BCUT2D eigenvalue weighted by Gasteiger charge is -2.20. The van der Waals surface area contributed by atoms with E-state index in [1.165, 1.54) is 0 Å². The molecule has 1 heterocycles. The van der Waals surface area contributed by atoms with Gasteiger partial charge in [-0.15, -0.1) is 11.8 Å². The summed E-state index contributed by atoms with van der Waals surface area (Å²) in [5.74, 6) is 0. The van der Waals surface area contributed by atoms with Gasteiger partial charge in [-0.3, -0.25) is 0 Å². The molecule has 4 atom stereocenters. The smallest absolute Gasteiger partial charge is 0.0666 e. The number of thioether (sulfide) groups is 1. The van der Waals surface area contributed by atoms with Gasteiger partial charge < -0.3 is 9.84 Å². The Morgan fingerprint density at radius 2 is 2.17 bits per heavy atom. The molecule has 0 bridgehead atoms. The number of ether oxygens (including phenoxy) is 1. The lowest BCUT2D eigenvalue weighted by Crippen LogP contribution is -2.22. The fourth-order valence-electron chi connectivity index (χ4n) is 1.28. The average molecular weight is 190 g/mol. The Labute approximate surface area is 78.7 Å². The predicted molar refractivity (Wildman–Crippen MR) is 52.6 cm³/mol. The van der Waals surface area contributed by atoms with Gasteiger partial charge in [-0.2, -0.15) is 0 Å². The number of aliphatic hydroxyl groups is 1. The molecule has 12 heavy (non-hydrogen) atoms. The Morgan fingerprint density at radius 3 is 2.58 bits per heavy atom. The van der Waals surface area contributed by atoms with E-state index in [0.717, 1.165) is 13.0 Å². The molecule has 1 aliphatic heterocycles. The Bertz CT molecular complexity index is 138. The van der Waals surface area contributed by atoms with Crippen molar-refractivity contribution in [2.24, 2.45) is 0 Å². The van der Waals surface area contributed by atoms with E-state index < -0.39 is 0 Å². The second-order valence-corrected chi connectivity index (χ2v) is 5.11. The highest BCUT2D eigenvalue weighted by molar-refractivity contribution is 8.00. The highest BCUT2D eigenvalue weighted by Gasteiger charge is 2.27. The van der Waals surface area contributed by atoms with Crippen LogP contribution in [0.4, 0.5) is 0 Å². The third kappa shape index (κ3) is 2.64. The van der Waals surface area contributed by atoms with Gasteiger partial charge in [-0.1, -0.05) is 6.92 Å². The Hall–Kier alpha value is 0.270. The molecule has 0 spiro atoms. The summed E-state index contributed by atoms with van der Waals surface area (Å²) < 4.78 is 5.44. The summed E-state index contributed by atoms with van der Waals surface area (Å²) in [6, 6.07) is 0. The van der Waals surface area contributed by atoms with Crippen LogP contribution in [0.2, 0.25) is 0 Å². The van der Waals surface area contributed by atoms with Crippen molar-refractivity contribution >= 4 is 11.8 Å². The zero-order valence-corrected chi connectivity index (χ0v) is 8.80. The number of aliphatic hydroxyl groups excluding tert-OH is 1. The van der Waals surface area contributed by atoms with Crippen molar-refractivity contribution < 1.29 is 9.84 Å². The molecule has 0 radical (unpaired) electrons. The van der Waals surface area contributed by atoms with Crippen molar-refractivity contribution in [1.29, 1.82) is 0 Å². The number of rotatable bonds is 3. The van der Waals surface area contributed by atoms with E-state index in [2.05, 4.69) is 13.8 Å². The van der Waals surface area contributed by atoms with Crippen LogP contribution >= 0.6 is 11.8 Å². The van der Waals surface area contributed by atoms with Crippen LogP contribution in [0.15, 0.2) is 0 Å². The molecule has 1 fully saturated rings. The Morgan fingerprint density at radius 1 is 1.50 bits per heavy atom. The first-order chi connectivity index (χ1) is 5.61. The van der Waals surface area contributed by atoms with Crippen LogP contribution in [0, 0.1) is 0 Å². The highest BCUT2D eigenvalue weighted by Crippen LogP contribution is 2.30. The molecule has 0 aromatic heterocycles. The van der Waals surface area contributed by atoms with Gasteiger partial charge in [0.1, 0.15) is 0 Å². The lowest BCUT2D eigenvalue weighted by molar-refractivity contribution is 0.127. The molecule has 1 aliphatic rings. The molecule has 1 saturated heterocycles. The quantitative estimate of drug-likeness (QED) is 0.734. The normalized spacial score (nSPS) is 35.0. The number of hydrogen-bond acceptors (Lipinski definition) is 3. The van der Waals surface area contributed by atoms with Crippen LogP contribution < -0.4 is 0 Å². The summed E-state index contributed by atoms with van der Waals surface area (Å²) in [5, 5.41) is 10.2. The van der Waals surface area contributed by atoms with Gasteiger partial charge in [0.2, 0.25) is 0 Å². The minimum Gasteiger partial charge on any atom is -0.392 e. The van der Waals surface area contributed by atoms with Gasteiger partial charge in [0.05, 0.1) is 12.2 Å². The monoisotopic (exact) mass is 190 g/mol. The molecule has 3 heteroatoms. The van der Waals surface area contributed by atoms with Crippen LogP contribution in [-0.4, -0.2) is 34.4 Å².